The Balaban J connectivity index is 1.71. The number of benzene rings is 1. The zero-order valence-corrected chi connectivity index (χ0v) is 15.0. The van der Waals surface area contributed by atoms with Crippen molar-refractivity contribution in [2.45, 2.75) is 57.6 Å². The molecule has 0 heterocycles. The third-order valence-electron chi connectivity index (χ3n) is 4.19. The van der Waals surface area contributed by atoms with Crippen LogP contribution in [0.3, 0.4) is 0 Å². The number of para-hydroxylation sites is 1. The Kier molecular flexibility index (Phi) is 7.92. The molecule has 1 atom stereocenters. The van der Waals surface area contributed by atoms with E-state index in [0.29, 0.717) is 12.2 Å². The second-order valence-electron chi connectivity index (χ2n) is 6.29. The molecule has 0 unspecified atom stereocenters. The number of esters is 1. The zero-order valence-electron chi connectivity index (χ0n) is 15.0. The van der Waals surface area contributed by atoms with Crippen molar-refractivity contribution in [3.63, 3.8) is 0 Å². The molecular formula is C19H26N2O5. The summed E-state index contributed by atoms with van der Waals surface area (Å²) >= 11 is 0. The molecular weight excluding hydrogens is 336 g/mol. The average Bonchev–Trinajstić information content (AvgIpc) is 2.65. The number of imide groups is 1. The van der Waals surface area contributed by atoms with Crippen molar-refractivity contribution in [1.82, 2.24) is 10.6 Å². The minimum absolute atomic E-state index is 0.0999. The van der Waals surface area contributed by atoms with Crippen molar-refractivity contribution >= 4 is 17.9 Å². The summed E-state index contributed by atoms with van der Waals surface area (Å²) in [6.45, 7) is 1.26. The maximum atomic E-state index is 12.1. The average molecular weight is 362 g/mol. The van der Waals surface area contributed by atoms with Crippen LogP contribution in [0.4, 0.5) is 4.79 Å². The van der Waals surface area contributed by atoms with Gasteiger partial charge < -0.3 is 14.8 Å². The van der Waals surface area contributed by atoms with E-state index in [1.807, 2.05) is 6.07 Å². The van der Waals surface area contributed by atoms with Gasteiger partial charge >= 0.3 is 12.0 Å². The van der Waals surface area contributed by atoms with Crippen LogP contribution < -0.4 is 15.4 Å². The number of carbonyl (C=O) groups excluding carboxylic acids is 3. The lowest BCUT2D eigenvalue weighted by Crippen LogP contribution is -2.46. The SMILES string of the molecule is CC[C@@H](Oc1ccccc1)C(=O)OCC(=O)NC(=O)NC1CCCCC1. The fraction of sp³-hybridized carbons (Fsp3) is 0.526. The summed E-state index contributed by atoms with van der Waals surface area (Å²) < 4.78 is 10.5. The quantitative estimate of drug-likeness (QED) is 0.727. The molecule has 1 aromatic carbocycles. The first kappa shape index (κ1) is 19.8. The normalized spacial score (nSPS) is 15.6. The van der Waals surface area contributed by atoms with Crippen LogP contribution in [-0.2, 0) is 14.3 Å². The molecule has 7 nitrogen and oxygen atoms in total. The molecule has 1 aliphatic rings. The summed E-state index contributed by atoms with van der Waals surface area (Å²) in [4.78, 5) is 35.6. The number of rotatable bonds is 7. The fourth-order valence-electron chi connectivity index (χ4n) is 2.82. The van der Waals surface area contributed by atoms with Gasteiger partial charge in [0.25, 0.3) is 5.91 Å². The van der Waals surface area contributed by atoms with E-state index >= 15 is 0 Å². The molecule has 142 valence electrons. The maximum Gasteiger partial charge on any atom is 0.347 e. The van der Waals surface area contributed by atoms with Crippen LogP contribution in [0.15, 0.2) is 30.3 Å². The number of nitrogens with one attached hydrogen (secondary N) is 2. The van der Waals surface area contributed by atoms with Gasteiger partial charge in [0, 0.05) is 6.04 Å². The van der Waals surface area contributed by atoms with Crippen molar-refractivity contribution in [2.75, 3.05) is 6.61 Å². The maximum absolute atomic E-state index is 12.1. The third kappa shape index (κ3) is 6.74. The third-order valence-corrected chi connectivity index (χ3v) is 4.19. The Morgan fingerprint density at radius 2 is 1.81 bits per heavy atom. The van der Waals surface area contributed by atoms with Crippen LogP contribution in [-0.4, -0.2) is 36.7 Å². The molecule has 1 saturated carbocycles. The van der Waals surface area contributed by atoms with Crippen molar-refractivity contribution in [3.05, 3.63) is 30.3 Å². The van der Waals surface area contributed by atoms with Gasteiger partial charge in [-0.15, -0.1) is 0 Å². The highest BCUT2D eigenvalue weighted by Gasteiger charge is 2.22. The first-order valence-corrected chi connectivity index (χ1v) is 9.07. The molecule has 0 bridgehead atoms. The first-order valence-electron chi connectivity index (χ1n) is 9.07. The monoisotopic (exact) mass is 362 g/mol. The van der Waals surface area contributed by atoms with Gasteiger partial charge in [-0.1, -0.05) is 44.4 Å². The minimum atomic E-state index is -0.804. The Morgan fingerprint density at radius 1 is 1.12 bits per heavy atom. The van der Waals surface area contributed by atoms with E-state index in [0.717, 1.165) is 25.7 Å². The van der Waals surface area contributed by atoms with Crippen LogP contribution in [0.1, 0.15) is 45.4 Å². The van der Waals surface area contributed by atoms with E-state index < -0.39 is 30.6 Å². The molecule has 26 heavy (non-hydrogen) atoms. The molecule has 0 saturated heterocycles. The number of amides is 3. The lowest BCUT2D eigenvalue weighted by molar-refractivity contribution is -0.155. The standard InChI is InChI=1S/C19H26N2O5/c1-2-16(26-15-11-7-4-8-12-15)18(23)25-13-17(22)21-19(24)20-14-9-5-3-6-10-14/h4,7-8,11-12,14,16H,2-3,5-6,9-10,13H2,1H3,(H2,20,21,22,24)/t16-/m1/s1. The predicted octanol–water partition coefficient (Wildman–Crippen LogP) is 2.55. The van der Waals surface area contributed by atoms with Crippen molar-refractivity contribution in [1.29, 1.82) is 0 Å². The molecule has 2 N–H and O–H groups in total. The number of hydrogen-bond acceptors (Lipinski definition) is 5. The fourth-order valence-corrected chi connectivity index (χ4v) is 2.82. The van der Waals surface area contributed by atoms with E-state index in [-0.39, 0.29) is 6.04 Å². The number of urea groups is 1. The topological polar surface area (TPSA) is 93.7 Å². The van der Waals surface area contributed by atoms with E-state index in [2.05, 4.69) is 10.6 Å². The van der Waals surface area contributed by atoms with Crippen LogP contribution in [0.25, 0.3) is 0 Å². The molecule has 0 radical (unpaired) electrons. The van der Waals surface area contributed by atoms with Crippen LogP contribution in [0, 0.1) is 0 Å². The van der Waals surface area contributed by atoms with E-state index in [4.69, 9.17) is 9.47 Å². The lowest BCUT2D eigenvalue weighted by atomic mass is 9.96. The zero-order chi connectivity index (χ0) is 18.8. The van der Waals surface area contributed by atoms with Crippen LogP contribution in [0.2, 0.25) is 0 Å². The lowest BCUT2D eigenvalue weighted by Gasteiger charge is -2.22. The molecule has 0 spiro atoms. The van der Waals surface area contributed by atoms with Gasteiger partial charge in [0.1, 0.15) is 5.75 Å². The highest BCUT2D eigenvalue weighted by molar-refractivity contribution is 5.95. The Hall–Kier alpha value is -2.57. The second kappa shape index (κ2) is 10.4. The molecule has 1 aliphatic carbocycles. The summed E-state index contributed by atoms with van der Waals surface area (Å²) in [5, 5.41) is 4.95. The summed E-state index contributed by atoms with van der Waals surface area (Å²) in [5.41, 5.74) is 0. The molecule has 1 aromatic rings. The predicted molar refractivity (Wildman–Crippen MR) is 95.7 cm³/mol. The molecule has 0 aliphatic heterocycles. The molecule has 3 amide bonds. The van der Waals surface area contributed by atoms with Crippen molar-refractivity contribution < 1.29 is 23.9 Å². The number of carbonyl (C=O) groups is 3. The van der Waals surface area contributed by atoms with Crippen molar-refractivity contribution in [3.8, 4) is 5.75 Å². The summed E-state index contributed by atoms with van der Waals surface area (Å²) in [7, 11) is 0. The molecule has 0 aromatic heterocycles. The number of ether oxygens (including phenoxy) is 2. The summed E-state index contributed by atoms with van der Waals surface area (Å²) in [5.74, 6) is -0.756. The molecule has 2 rings (SSSR count). The van der Waals surface area contributed by atoms with Crippen LogP contribution in [0.5, 0.6) is 5.75 Å². The first-order chi connectivity index (χ1) is 12.6. The molecule has 1 fully saturated rings. The van der Waals surface area contributed by atoms with Gasteiger partial charge in [-0.3, -0.25) is 10.1 Å². The largest absolute Gasteiger partial charge is 0.479 e. The second-order valence-corrected chi connectivity index (χ2v) is 6.29. The van der Waals surface area contributed by atoms with Gasteiger partial charge in [-0.25, -0.2) is 9.59 Å². The minimum Gasteiger partial charge on any atom is -0.479 e. The van der Waals surface area contributed by atoms with Gasteiger partial charge in [-0.2, -0.15) is 0 Å². The van der Waals surface area contributed by atoms with Gasteiger partial charge in [0.15, 0.2) is 12.7 Å². The number of hydrogen-bond donors (Lipinski definition) is 2. The Labute approximate surface area is 153 Å². The summed E-state index contributed by atoms with van der Waals surface area (Å²) in [6.07, 6.45) is 4.78. The van der Waals surface area contributed by atoms with E-state index in [9.17, 15) is 14.4 Å². The Bertz CT molecular complexity index is 599. The van der Waals surface area contributed by atoms with E-state index in [1.165, 1.54) is 6.42 Å². The van der Waals surface area contributed by atoms with Gasteiger partial charge in [-0.05, 0) is 31.4 Å². The van der Waals surface area contributed by atoms with E-state index in [1.54, 1.807) is 31.2 Å². The van der Waals surface area contributed by atoms with Gasteiger partial charge in [0.2, 0.25) is 0 Å². The highest BCUT2D eigenvalue weighted by atomic mass is 16.6. The molecule has 7 heteroatoms. The highest BCUT2D eigenvalue weighted by Crippen LogP contribution is 2.17. The van der Waals surface area contributed by atoms with Gasteiger partial charge in [0.05, 0.1) is 0 Å². The Morgan fingerprint density at radius 3 is 2.46 bits per heavy atom. The smallest absolute Gasteiger partial charge is 0.347 e. The van der Waals surface area contributed by atoms with Crippen molar-refractivity contribution in [2.24, 2.45) is 0 Å². The van der Waals surface area contributed by atoms with Crippen LogP contribution >= 0.6 is 0 Å². The summed E-state index contributed by atoms with van der Waals surface area (Å²) in [6, 6.07) is 8.46.